The van der Waals surface area contributed by atoms with Gasteiger partial charge in [0.25, 0.3) is 0 Å². The molecule has 23 heavy (non-hydrogen) atoms. The molecule has 0 unspecified atom stereocenters. The van der Waals surface area contributed by atoms with E-state index in [0.29, 0.717) is 13.0 Å². The highest BCUT2D eigenvalue weighted by Crippen LogP contribution is 2.35. The van der Waals surface area contributed by atoms with E-state index in [0.717, 1.165) is 11.1 Å². The van der Waals surface area contributed by atoms with Crippen LogP contribution in [0.25, 0.3) is 11.1 Å². The average molecular weight is 311 g/mol. The van der Waals surface area contributed by atoms with E-state index in [1.54, 1.807) is 7.11 Å². The molecule has 0 aliphatic carbocycles. The second kappa shape index (κ2) is 6.52. The Morgan fingerprint density at radius 1 is 1.04 bits per heavy atom. The Morgan fingerprint density at radius 3 is 2.30 bits per heavy atom. The van der Waals surface area contributed by atoms with Crippen molar-refractivity contribution in [3.8, 4) is 11.1 Å². The molecule has 0 amide bonds. The van der Waals surface area contributed by atoms with Crippen molar-refractivity contribution in [3.63, 3.8) is 0 Å². The van der Waals surface area contributed by atoms with Crippen LogP contribution in [-0.4, -0.2) is 32.8 Å². The summed E-state index contributed by atoms with van der Waals surface area (Å²) in [7, 11) is 3.10. The van der Waals surface area contributed by atoms with E-state index in [1.807, 2.05) is 18.2 Å². The van der Waals surface area contributed by atoms with E-state index in [2.05, 4.69) is 41.7 Å². The van der Waals surface area contributed by atoms with Gasteiger partial charge in [-0.15, -0.1) is 0 Å². The van der Waals surface area contributed by atoms with E-state index in [4.69, 9.17) is 9.47 Å². The molecule has 0 saturated carbocycles. The molecule has 0 bridgehead atoms. The van der Waals surface area contributed by atoms with E-state index in [1.165, 1.54) is 12.7 Å². The number of carbonyl (C=O) groups is 1. The van der Waals surface area contributed by atoms with Gasteiger partial charge in [0.2, 0.25) is 0 Å². The van der Waals surface area contributed by atoms with Gasteiger partial charge in [0.1, 0.15) is 11.6 Å². The molecule has 0 aromatic heterocycles. The highest BCUT2D eigenvalue weighted by molar-refractivity contribution is 5.76. The van der Waals surface area contributed by atoms with Crippen molar-refractivity contribution in [2.45, 2.75) is 18.1 Å². The highest BCUT2D eigenvalue weighted by atomic mass is 16.5. The zero-order chi connectivity index (χ0) is 16.3. The SMILES string of the molecule is COC(=O)[C@@H]1C[C@@](OC)(c2ccc(-c3ccccc3)cc2)CN1. The van der Waals surface area contributed by atoms with Crippen LogP contribution in [0.3, 0.4) is 0 Å². The van der Waals surface area contributed by atoms with Crippen LogP contribution in [0.5, 0.6) is 0 Å². The first-order valence-corrected chi connectivity index (χ1v) is 7.71. The van der Waals surface area contributed by atoms with Crippen molar-refractivity contribution in [3.05, 3.63) is 60.2 Å². The predicted molar refractivity (Wildman–Crippen MR) is 89.0 cm³/mol. The molecule has 2 atom stereocenters. The maximum Gasteiger partial charge on any atom is 0.322 e. The van der Waals surface area contributed by atoms with Crippen molar-refractivity contribution >= 4 is 5.97 Å². The zero-order valence-corrected chi connectivity index (χ0v) is 13.4. The van der Waals surface area contributed by atoms with Crippen LogP contribution in [-0.2, 0) is 19.9 Å². The van der Waals surface area contributed by atoms with Gasteiger partial charge in [0.15, 0.2) is 0 Å². The van der Waals surface area contributed by atoms with Crippen LogP contribution in [0.1, 0.15) is 12.0 Å². The first-order chi connectivity index (χ1) is 11.2. The molecule has 3 rings (SSSR count). The Labute approximate surface area is 136 Å². The number of benzene rings is 2. The van der Waals surface area contributed by atoms with Crippen molar-refractivity contribution in [2.24, 2.45) is 0 Å². The monoisotopic (exact) mass is 311 g/mol. The molecule has 4 heteroatoms. The van der Waals surface area contributed by atoms with Crippen molar-refractivity contribution in [2.75, 3.05) is 20.8 Å². The third kappa shape index (κ3) is 3.00. The van der Waals surface area contributed by atoms with E-state index >= 15 is 0 Å². The van der Waals surface area contributed by atoms with Crippen molar-refractivity contribution in [1.82, 2.24) is 5.32 Å². The number of hydrogen-bond donors (Lipinski definition) is 1. The first-order valence-electron chi connectivity index (χ1n) is 7.71. The normalized spacial score (nSPS) is 23.7. The van der Waals surface area contributed by atoms with Gasteiger partial charge in [0, 0.05) is 20.1 Å². The minimum atomic E-state index is -0.492. The zero-order valence-electron chi connectivity index (χ0n) is 13.4. The fourth-order valence-electron chi connectivity index (χ4n) is 3.16. The Morgan fingerprint density at radius 2 is 1.70 bits per heavy atom. The molecular weight excluding hydrogens is 290 g/mol. The van der Waals surface area contributed by atoms with Gasteiger partial charge in [-0.05, 0) is 16.7 Å². The van der Waals surface area contributed by atoms with Crippen molar-refractivity contribution < 1.29 is 14.3 Å². The lowest BCUT2D eigenvalue weighted by molar-refractivity contribution is -0.143. The molecule has 4 nitrogen and oxygen atoms in total. The molecule has 2 aromatic rings. The van der Waals surface area contributed by atoms with Crippen LogP contribution < -0.4 is 5.32 Å². The summed E-state index contributed by atoms with van der Waals surface area (Å²) in [6.07, 6.45) is 0.570. The second-order valence-electron chi connectivity index (χ2n) is 5.80. The maximum atomic E-state index is 11.7. The number of esters is 1. The Balaban J connectivity index is 1.84. The summed E-state index contributed by atoms with van der Waals surface area (Å²) in [5.74, 6) is -0.246. The van der Waals surface area contributed by atoms with E-state index in [9.17, 15) is 4.79 Å². The third-order valence-electron chi connectivity index (χ3n) is 4.56. The molecule has 2 aromatic carbocycles. The number of nitrogens with one attached hydrogen (secondary N) is 1. The van der Waals surface area contributed by atoms with Crippen LogP contribution in [0.4, 0.5) is 0 Å². The molecule has 1 N–H and O–H groups in total. The fourth-order valence-corrected chi connectivity index (χ4v) is 3.16. The Hall–Kier alpha value is -2.17. The molecule has 1 aliphatic heterocycles. The van der Waals surface area contributed by atoms with Gasteiger partial charge in [0.05, 0.1) is 7.11 Å². The lowest BCUT2D eigenvalue weighted by Crippen LogP contribution is -2.31. The number of hydrogen-bond acceptors (Lipinski definition) is 4. The number of rotatable bonds is 4. The standard InChI is InChI=1S/C19H21NO3/c1-22-18(21)17-12-19(23-2,13-20-17)16-10-8-15(9-11-16)14-6-4-3-5-7-14/h3-11,17,20H,12-13H2,1-2H3/t17-,19-/m0/s1. The van der Waals surface area contributed by atoms with Gasteiger partial charge < -0.3 is 14.8 Å². The minimum absolute atomic E-state index is 0.246. The molecule has 0 spiro atoms. The molecule has 1 fully saturated rings. The lowest BCUT2D eigenvalue weighted by atomic mass is 9.89. The summed E-state index contributed by atoms with van der Waals surface area (Å²) < 4.78 is 10.6. The summed E-state index contributed by atoms with van der Waals surface area (Å²) >= 11 is 0. The molecule has 1 saturated heterocycles. The maximum absolute atomic E-state index is 11.7. The highest BCUT2D eigenvalue weighted by Gasteiger charge is 2.43. The average Bonchev–Trinajstić information content (AvgIpc) is 3.08. The summed E-state index contributed by atoms with van der Waals surface area (Å²) in [5, 5.41) is 3.19. The van der Waals surface area contributed by atoms with Crippen LogP contribution in [0.15, 0.2) is 54.6 Å². The summed E-state index contributed by atoms with van der Waals surface area (Å²) in [5.41, 5.74) is 2.92. The summed E-state index contributed by atoms with van der Waals surface area (Å²) in [6.45, 7) is 0.591. The molecule has 120 valence electrons. The van der Waals surface area contributed by atoms with E-state index < -0.39 is 5.60 Å². The third-order valence-corrected chi connectivity index (χ3v) is 4.56. The van der Waals surface area contributed by atoms with Crippen LogP contribution >= 0.6 is 0 Å². The summed E-state index contributed by atoms with van der Waals surface area (Å²) in [4.78, 5) is 11.7. The Bertz CT molecular complexity index is 669. The van der Waals surface area contributed by atoms with Gasteiger partial charge in [-0.1, -0.05) is 54.6 Å². The predicted octanol–water partition coefficient (Wildman–Crippen LogP) is 2.73. The lowest BCUT2D eigenvalue weighted by Gasteiger charge is -2.27. The molecular formula is C19H21NO3. The molecule has 1 heterocycles. The second-order valence-corrected chi connectivity index (χ2v) is 5.80. The number of methoxy groups -OCH3 is 2. The minimum Gasteiger partial charge on any atom is -0.468 e. The van der Waals surface area contributed by atoms with Crippen LogP contribution in [0, 0.1) is 0 Å². The largest absolute Gasteiger partial charge is 0.468 e. The van der Waals surface area contributed by atoms with Gasteiger partial charge in [-0.3, -0.25) is 4.79 Å². The van der Waals surface area contributed by atoms with Crippen molar-refractivity contribution in [1.29, 1.82) is 0 Å². The molecule has 0 radical (unpaired) electrons. The fraction of sp³-hybridized carbons (Fsp3) is 0.316. The van der Waals surface area contributed by atoms with Gasteiger partial charge in [-0.2, -0.15) is 0 Å². The van der Waals surface area contributed by atoms with Crippen LogP contribution in [0.2, 0.25) is 0 Å². The quantitative estimate of drug-likeness (QED) is 0.882. The smallest absolute Gasteiger partial charge is 0.322 e. The number of ether oxygens (including phenoxy) is 2. The van der Waals surface area contributed by atoms with Gasteiger partial charge in [-0.25, -0.2) is 0 Å². The van der Waals surface area contributed by atoms with Gasteiger partial charge >= 0.3 is 5.97 Å². The Kier molecular flexibility index (Phi) is 4.46. The number of carbonyl (C=O) groups excluding carboxylic acids is 1. The first kappa shape index (κ1) is 15.7. The topological polar surface area (TPSA) is 47.6 Å². The summed E-state index contributed by atoms with van der Waals surface area (Å²) in [6, 6.07) is 18.3. The molecule has 1 aliphatic rings. The van der Waals surface area contributed by atoms with E-state index in [-0.39, 0.29) is 12.0 Å².